The fourth-order valence-corrected chi connectivity index (χ4v) is 2.55. The highest BCUT2D eigenvalue weighted by Gasteiger charge is 2.16. The maximum Gasteiger partial charge on any atom is 0.158 e. The van der Waals surface area contributed by atoms with E-state index in [2.05, 4.69) is 26.1 Å². The molecule has 0 spiro atoms. The van der Waals surface area contributed by atoms with Gasteiger partial charge in [-0.2, -0.15) is 5.10 Å². The van der Waals surface area contributed by atoms with Crippen LogP contribution < -0.4 is 0 Å². The molecule has 2 nitrogen and oxygen atoms in total. The number of aromatic amines is 1. The minimum Gasteiger partial charge on any atom is -0.277 e. The van der Waals surface area contributed by atoms with Crippen LogP contribution >= 0.6 is 50.1 Å². The van der Waals surface area contributed by atoms with Crippen LogP contribution in [0.4, 0.5) is 4.39 Å². The minimum atomic E-state index is -0.425. The molecule has 1 heterocycles. The fourth-order valence-electron chi connectivity index (χ4n) is 1.04. The van der Waals surface area contributed by atoms with Crippen molar-refractivity contribution in [3.8, 4) is 0 Å². The number of fused-ring (bicyclic) bond motifs is 1. The number of aromatic nitrogens is 2. The van der Waals surface area contributed by atoms with Crippen LogP contribution in [-0.2, 0) is 0 Å². The Morgan fingerprint density at radius 3 is 3.00 bits per heavy atom. The van der Waals surface area contributed by atoms with Crippen LogP contribution in [0.15, 0.2) is 10.7 Å². The first-order chi connectivity index (χ1) is 6.13. The topological polar surface area (TPSA) is 28.7 Å². The van der Waals surface area contributed by atoms with Gasteiger partial charge in [-0.05, 0) is 38.5 Å². The smallest absolute Gasteiger partial charge is 0.158 e. The lowest BCUT2D eigenvalue weighted by Gasteiger charge is -2.02. The quantitative estimate of drug-likeness (QED) is 0.424. The van der Waals surface area contributed by atoms with Gasteiger partial charge in [0.25, 0.3) is 0 Å². The van der Waals surface area contributed by atoms with Crippen molar-refractivity contribution in [2.75, 3.05) is 0 Å². The van der Waals surface area contributed by atoms with E-state index in [1.807, 2.05) is 22.6 Å². The van der Waals surface area contributed by atoms with Crippen LogP contribution in [0.1, 0.15) is 0 Å². The molecule has 68 valence electrons. The summed E-state index contributed by atoms with van der Waals surface area (Å²) in [6, 6.07) is 0. The molecule has 0 aliphatic carbocycles. The molecule has 1 aromatic carbocycles. The average Bonchev–Trinajstić information content (AvgIpc) is 2.59. The molecule has 0 saturated carbocycles. The number of nitrogens with one attached hydrogen (secondary N) is 1. The summed E-state index contributed by atoms with van der Waals surface area (Å²) >= 11 is 10.9. The van der Waals surface area contributed by atoms with Gasteiger partial charge in [-0.3, -0.25) is 5.10 Å². The molecule has 0 aliphatic rings. The lowest BCUT2D eigenvalue weighted by molar-refractivity contribution is 0.622. The number of hydrogen-bond donors (Lipinski definition) is 1. The lowest BCUT2D eigenvalue weighted by atomic mass is 10.2. The third-order valence-corrected chi connectivity index (χ3v) is 4.09. The number of H-pyrrole nitrogens is 1. The monoisotopic (exact) mass is 374 g/mol. The molecule has 1 N–H and O–H groups in total. The summed E-state index contributed by atoms with van der Waals surface area (Å²) < 4.78 is 14.4. The zero-order valence-electron chi connectivity index (χ0n) is 6.04. The summed E-state index contributed by atoms with van der Waals surface area (Å²) in [5, 5.41) is 7.41. The zero-order chi connectivity index (χ0) is 9.59. The van der Waals surface area contributed by atoms with Crippen molar-refractivity contribution in [3.05, 3.63) is 25.1 Å². The molecule has 0 radical (unpaired) electrons. The predicted molar refractivity (Wildman–Crippen MR) is 61.5 cm³/mol. The van der Waals surface area contributed by atoms with Gasteiger partial charge in [-0.1, -0.05) is 11.6 Å². The van der Waals surface area contributed by atoms with Crippen LogP contribution in [0.2, 0.25) is 5.02 Å². The summed E-state index contributed by atoms with van der Waals surface area (Å²) in [7, 11) is 0. The van der Waals surface area contributed by atoms with Crippen molar-refractivity contribution >= 4 is 61.0 Å². The zero-order valence-corrected chi connectivity index (χ0v) is 10.5. The van der Waals surface area contributed by atoms with Gasteiger partial charge in [0.15, 0.2) is 5.82 Å². The molecule has 1 aromatic heterocycles. The van der Waals surface area contributed by atoms with E-state index < -0.39 is 5.82 Å². The summed E-state index contributed by atoms with van der Waals surface area (Å²) in [5.74, 6) is -0.425. The van der Waals surface area contributed by atoms with Gasteiger partial charge in [-0.25, -0.2) is 4.39 Å². The van der Waals surface area contributed by atoms with Crippen molar-refractivity contribution in [2.45, 2.75) is 0 Å². The highest BCUT2D eigenvalue weighted by atomic mass is 127. The van der Waals surface area contributed by atoms with Crippen LogP contribution in [-0.4, -0.2) is 10.2 Å². The summed E-state index contributed by atoms with van der Waals surface area (Å²) in [4.78, 5) is 0. The Hall–Kier alpha value is 0.120. The van der Waals surface area contributed by atoms with E-state index in [0.717, 1.165) is 5.39 Å². The van der Waals surface area contributed by atoms with E-state index in [1.165, 1.54) is 0 Å². The first-order valence-electron chi connectivity index (χ1n) is 3.28. The summed E-state index contributed by atoms with van der Waals surface area (Å²) in [6.07, 6.45) is 1.60. The largest absolute Gasteiger partial charge is 0.277 e. The molecular weight excluding hydrogens is 373 g/mol. The third-order valence-electron chi connectivity index (χ3n) is 1.67. The highest BCUT2D eigenvalue weighted by Crippen LogP contribution is 2.36. The Morgan fingerprint density at radius 2 is 2.31 bits per heavy atom. The van der Waals surface area contributed by atoms with Crippen molar-refractivity contribution in [1.82, 2.24) is 10.2 Å². The maximum atomic E-state index is 13.4. The summed E-state index contributed by atoms with van der Waals surface area (Å²) in [6.45, 7) is 0. The van der Waals surface area contributed by atoms with Gasteiger partial charge in [0, 0.05) is 5.39 Å². The molecule has 0 bridgehead atoms. The van der Waals surface area contributed by atoms with Gasteiger partial charge in [0.1, 0.15) is 0 Å². The SMILES string of the molecule is Fc1c(Cl)c(Br)c2cn[nH]c2c1I. The van der Waals surface area contributed by atoms with Crippen LogP contribution in [0.25, 0.3) is 10.9 Å². The predicted octanol–water partition coefficient (Wildman–Crippen LogP) is 3.72. The second-order valence-electron chi connectivity index (χ2n) is 2.41. The molecule has 0 unspecified atom stereocenters. The normalized spacial score (nSPS) is 11.1. The first kappa shape index (κ1) is 9.67. The van der Waals surface area contributed by atoms with Crippen molar-refractivity contribution in [2.24, 2.45) is 0 Å². The molecule has 2 aromatic rings. The molecule has 0 atom stereocenters. The Balaban J connectivity index is 3.02. The molecule has 13 heavy (non-hydrogen) atoms. The lowest BCUT2D eigenvalue weighted by Crippen LogP contribution is -1.87. The number of nitrogens with zero attached hydrogens (tertiary/aromatic N) is 1. The number of benzene rings is 1. The number of rotatable bonds is 0. The highest BCUT2D eigenvalue weighted by molar-refractivity contribution is 14.1. The molecule has 2 rings (SSSR count). The van der Waals surface area contributed by atoms with E-state index in [0.29, 0.717) is 13.6 Å². The van der Waals surface area contributed by atoms with Gasteiger partial charge >= 0.3 is 0 Å². The molecular formula is C7H2BrClFIN2. The van der Waals surface area contributed by atoms with Crippen molar-refractivity contribution in [3.63, 3.8) is 0 Å². The van der Waals surface area contributed by atoms with Crippen molar-refractivity contribution in [1.29, 1.82) is 0 Å². The molecule has 0 saturated heterocycles. The van der Waals surface area contributed by atoms with E-state index in [-0.39, 0.29) is 5.02 Å². The molecule has 0 aliphatic heterocycles. The number of hydrogen-bond acceptors (Lipinski definition) is 1. The molecule has 0 amide bonds. The van der Waals surface area contributed by atoms with Crippen LogP contribution in [0.5, 0.6) is 0 Å². The minimum absolute atomic E-state index is 0.0956. The third kappa shape index (κ3) is 1.37. The molecule has 0 fully saturated rings. The first-order valence-corrected chi connectivity index (χ1v) is 5.53. The van der Waals surface area contributed by atoms with E-state index in [4.69, 9.17) is 11.6 Å². The van der Waals surface area contributed by atoms with Gasteiger partial charge in [-0.15, -0.1) is 0 Å². The Bertz CT molecular complexity index is 443. The number of halogens is 4. The second-order valence-corrected chi connectivity index (χ2v) is 4.66. The Morgan fingerprint density at radius 1 is 1.62 bits per heavy atom. The molecule has 6 heteroatoms. The fraction of sp³-hybridized carbons (Fsp3) is 0. The summed E-state index contributed by atoms with van der Waals surface area (Å²) in [5.41, 5.74) is 0.661. The van der Waals surface area contributed by atoms with Crippen molar-refractivity contribution < 1.29 is 4.39 Å². The van der Waals surface area contributed by atoms with E-state index >= 15 is 0 Å². The van der Waals surface area contributed by atoms with Gasteiger partial charge < -0.3 is 0 Å². The van der Waals surface area contributed by atoms with E-state index in [1.54, 1.807) is 6.20 Å². The van der Waals surface area contributed by atoms with Crippen LogP contribution in [0.3, 0.4) is 0 Å². The Kier molecular flexibility index (Phi) is 2.50. The Labute approximate surface area is 100 Å². The average molecular weight is 375 g/mol. The van der Waals surface area contributed by atoms with Crippen LogP contribution in [0, 0.1) is 9.39 Å². The van der Waals surface area contributed by atoms with Gasteiger partial charge in [0.05, 0.1) is 24.8 Å². The van der Waals surface area contributed by atoms with Gasteiger partial charge in [0.2, 0.25) is 0 Å². The maximum absolute atomic E-state index is 13.4. The second kappa shape index (κ2) is 3.36. The standard InChI is InChI=1S/C7H2BrClFIN2/c8-3-2-1-12-13-7(2)6(11)5(10)4(3)9/h1H,(H,12,13). The van der Waals surface area contributed by atoms with E-state index in [9.17, 15) is 4.39 Å².